The Kier molecular flexibility index (Phi) is 4.28. The summed E-state index contributed by atoms with van der Waals surface area (Å²) in [4.78, 5) is 7.37. The van der Waals surface area contributed by atoms with Gasteiger partial charge in [0.25, 0.3) is 10.0 Å². The lowest BCUT2D eigenvalue weighted by Gasteiger charge is -2.07. The Bertz CT molecular complexity index is 1160. The third-order valence-corrected chi connectivity index (χ3v) is 5.49. The maximum absolute atomic E-state index is 12.6. The molecule has 9 heteroatoms. The number of hydrogen-bond donors (Lipinski definition) is 4. The van der Waals surface area contributed by atoms with Gasteiger partial charge in [-0.25, -0.2) is 13.4 Å². The minimum Gasteiger partial charge on any atom is -0.378 e. The first-order valence-electron chi connectivity index (χ1n) is 8.31. The van der Waals surface area contributed by atoms with Crippen LogP contribution in [0, 0.1) is 6.92 Å². The number of aryl methyl sites for hydroxylation is 1. The highest BCUT2D eigenvalue weighted by Gasteiger charge is 2.17. The van der Waals surface area contributed by atoms with E-state index in [0.29, 0.717) is 11.9 Å². The van der Waals surface area contributed by atoms with Gasteiger partial charge in [-0.1, -0.05) is 17.7 Å². The molecule has 4 aromatic rings. The standard InChI is InChI=1S/C18H18N6O2S/c1-12-2-5-14(6-3-12)27(25,26)24-18-15-10-13(4-7-16(15)22-23-18)21-11-17-19-8-9-20-17/h2-10,21H,11H2,1H3,(H,19,20)(H2,22,23,24). The van der Waals surface area contributed by atoms with E-state index in [-0.39, 0.29) is 10.7 Å². The molecule has 0 amide bonds. The Morgan fingerprint density at radius 1 is 1.11 bits per heavy atom. The quantitative estimate of drug-likeness (QED) is 0.409. The number of nitrogens with zero attached hydrogens (tertiary/aromatic N) is 2. The SMILES string of the molecule is Cc1ccc(S(=O)(=O)Nc2n[nH]c3ccc(NCc4ncc[nH]4)cc23)cc1. The fourth-order valence-corrected chi connectivity index (χ4v) is 3.71. The lowest BCUT2D eigenvalue weighted by Crippen LogP contribution is -2.13. The fraction of sp³-hybridized carbons (Fsp3) is 0.111. The average Bonchev–Trinajstić information content (AvgIpc) is 3.30. The van der Waals surface area contributed by atoms with Crippen LogP contribution in [0.4, 0.5) is 11.5 Å². The van der Waals surface area contributed by atoms with Crippen molar-refractivity contribution in [1.29, 1.82) is 0 Å². The number of benzene rings is 2. The van der Waals surface area contributed by atoms with Crippen molar-refractivity contribution in [2.24, 2.45) is 0 Å². The van der Waals surface area contributed by atoms with Crippen LogP contribution in [0.15, 0.2) is 59.8 Å². The number of hydrogen-bond acceptors (Lipinski definition) is 5. The monoisotopic (exact) mass is 382 g/mol. The predicted octanol–water partition coefficient (Wildman–Crippen LogP) is 3.01. The summed E-state index contributed by atoms with van der Waals surface area (Å²) in [5.41, 5.74) is 2.56. The Morgan fingerprint density at radius 2 is 1.93 bits per heavy atom. The van der Waals surface area contributed by atoms with Crippen LogP contribution >= 0.6 is 0 Å². The van der Waals surface area contributed by atoms with E-state index in [0.717, 1.165) is 22.6 Å². The van der Waals surface area contributed by atoms with Crippen molar-refractivity contribution in [2.75, 3.05) is 10.0 Å². The van der Waals surface area contributed by atoms with Gasteiger partial charge in [-0.2, -0.15) is 5.10 Å². The molecule has 0 aliphatic carbocycles. The molecule has 0 spiro atoms. The molecule has 138 valence electrons. The second-order valence-electron chi connectivity index (χ2n) is 6.14. The predicted molar refractivity (Wildman–Crippen MR) is 104 cm³/mol. The molecular weight excluding hydrogens is 364 g/mol. The van der Waals surface area contributed by atoms with Crippen LogP contribution in [-0.2, 0) is 16.6 Å². The van der Waals surface area contributed by atoms with Crippen molar-refractivity contribution in [3.05, 3.63) is 66.2 Å². The minimum absolute atomic E-state index is 0.191. The number of aromatic nitrogens is 4. The fourth-order valence-electron chi connectivity index (χ4n) is 2.69. The maximum Gasteiger partial charge on any atom is 0.263 e. The molecule has 0 fully saturated rings. The van der Waals surface area contributed by atoms with Gasteiger partial charge in [0.2, 0.25) is 0 Å². The van der Waals surface area contributed by atoms with E-state index >= 15 is 0 Å². The summed E-state index contributed by atoms with van der Waals surface area (Å²) in [6.07, 6.45) is 3.45. The van der Waals surface area contributed by atoms with Crippen molar-refractivity contribution in [1.82, 2.24) is 20.2 Å². The molecule has 0 saturated carbocycles. The second kappa shape index (κ2) is 6.76. The van der Waals surface area contributed by atoms with E-state index in [2.05, 4.69) is 30.2 Å². The van der Waals surface area contributed by atoms with Crippen LogP contribution in [0.5, 0.6) is 0 Å². The first kappa shape index (κ1) is 17.1. The molecule has 4 rings (SSSR count). The van der Waals surface area contributed by atoms with Crippen LogP contribution in [0.2, 0.25) is 0 Å². The van der Waals surface area contributed by atoms with Gasteiger partial charge in [-0.3, -0.25) is 9.82 Å². The Hall–Kier alpha value is -3.33. The Labute approximate surface area is 156 Å². The lowest BCUT2D eigenvalue weighted by molar-refractivity contribution is 0.601. The van der Waals surface area contributed by atoms with Crippen molar-refractivity contribution >= 4 is 32.4 Å². The zero-order valence-corrected chi connectivity index (χ0v) is 15.3. The summed E-state index contributed by atoms with van der Waals surface area (Å²) in [6.45, 7) is 2.43. The summed E-state index contributed by atoms with van der Waals surface area (Å²) in [5.74, 6) is 1.06. The number of H-pyrrole nitrogens is 2. The van der Waals surface area contributed by atoms with Crippen LogP contribution in [0.3, 0.4) is 0 Å². The number of sulfonamides is 1. The van der Waals surface area contributed by atoms with Crippen LogP contribution in [0.25, 0.3) is 10.9 Å². The third-order valence-electron chi connectivity index (χ3n) is 4.14. The normalized spacial score (nSPS) is 11.6. The molecule has 2 heterocycles. The van der Waals surface area contributed by atoms with E-state index in [1.807, 2.05) is 25.1 Å². The molecule has 2 aromatic heterocycles. The van der Waals surface area contributed by atoms with Crippen molar-refractivity contribution in [2.45, 2.75) is 18.4 Å². The van der Waals surface area contributed by atoms with Crippen LogP contribution < -0.4 is 10.0 Å². The molecule has 4 N–H and O–H groups in total. The number of aromatic amines is 2. The number of nitrogens with one attached hydrogen (secondary N) is 4. The minimum atomic E-state index is -3.72. The van der Waals surface area contributed by atoms with E-state index < -0.39 is 10.0 Å². The van der Waals surface area contributed by atoms with Gasteiger partial charge < -0.3 is 10.3 Å². The van der Waals surface area contributed by atoms with Gasteiger partial charge in [-0.05, 0) is 37.3 Å². The van der Waals surface area contributed by atoms with Crippen molar-refractivity contribution < 1.29 is 8.42 Å². The summed E-state index contributed by atoms with van der Waals surface area (Å²) in [6, 6.07) is 12.2. The van der Waals surface area contributed by atoms with Gasteiger partial charge in [0.05, 0.1) is 17.0 Å². The molecule has 0 aliphatic heterocycles. The molecule has 0 radical (unpaired) electrons. The molecule has 2 aromatic carbocycles. The summed E-state index contributed by atoms with van der Waals surface area (Å²) in [7, 11) is -3.72. The highest BCUT2D eigenvalue weighted by Crippen LogP contribution is 2.26. The van der Waals surface area contributed by atoms with E-state index in [4.69, 9.17) is 0 Å². The maximum atomic E-state index is 12.6. The summed E-state index contributed by atoms with van der Waals surface area (Å²) < 4.78 is 27.8. The highest BCUT2D eigenvalue weighted by atomic mass is 32.2. The zero-order chi connectivity index (χ0) is 18.9. The lowest BCUT2D eigenvalue weighted by atomic mass is 10.2. The number of fused-ring (bicyclic) bond motifs is 1. The smallest absolute Gasteiger partial charge is 0.263 e. The van der Waals surface area contributed by atoms with Gasteiger partial charge in [0.15, 0.2) is 5.82 Å². The molecule has 0 saturated heterocycles. The second-order valence-corrected chi connectivity index (χ2v) is 7.82. The molecule has 0 bridgehead atoms. The first-order valence-corrected chi connectivity index (χ1v) is 9.79. The molecule has 27 heavy (non-hydrogen) atoms. The molecular formula is C18H18N6O2S. The van der Waals surface area contributed by atoms with E-state index in [9.17, 15) is 8.42 Å². The summed E-state index contributed by atoms with van der Waals surface area (Å²) >= 11 is 0. The number of imidazole rings is 1. The zero-order valence-electron chi connectivity index (χ0n) is 14.5. The van der Waals surface area contributed by atoms with Crippen molar-refractivity contribution in [3.63, 3.8) is 0 Å². The Balaban J connectivity index is 1.59. The molecule has 8 nitrogen and oxygen atoms in total. The third kappa shape index (κ3) is 3.63. The van der Waals surface area contributed by atoms with Crippen LogP contribution in [0.1, 0.15) is 11.4 Å². The van der Waals surface area contributed by atoms with E-state index in [1.165, 1.54) is 0 Å². The molecule has 0 unspecified atom stereocenters. The van der Waals surface area contributed by atoms with Gasteiger partial charge in [-0.15, -0.1) is 0 Å². The van der Waals surface area contributed by atoms with Gasteiger partial charge in [0.1, 0.15) is 5.82 Å². The van der Waals surface area contributed by atoms with Gasteiger partial charge in [0, 0.05) is 23.5 Å². The number of anilines is 2. The van der Waals surface area contributed by atoms with Gasteiger partial charge >= 0.3 is 0 Å². The average molecular weight is 382 g/mol. The van der Waals surface area contributed by atoms with Crippen LogP contribution in [-0.4, -0.2) is 28.6 Å². The topological polar surface area (TPSA) is 116 Å². The molecule has 0 atom stereocenters. The summed E-state index contributed by atoms with van der Waals surface area (Å²) in [5, 5.41) is 10.9. The number of rotatable bonds is 6. The van der Waals surface area contributed by atoms with Crippen molar-refractivity contribution in [3.8, 4) is 0 Å². The largest absolute Gasteiger partial charge is 0.378 e. The molecule has 0 aliphatic rings. The first-order chi connectivity index (χ1) is 13.0. The Morgan fingerprint density at radius 3 is 2.67 bits per heavy atom. The highest BCUT2D eigenvalue weighted by molar-refractivity contribution is 7.92. The van der Waals surface area contributed by atoms with E-state index in [1.54, 1.807) is 36.7 Å².